The first-order valence-corrected chi connectivity index (χ1v) is 8.19. The number of hydrogen-bond donors (Lipinski definition) is 2. The van der Waals surface area contributed by atoms with E-state index in [9.17, 15) is 5.11 Å². The van der Waals surface area contributed by atoms with Gasteiger partial charge in [-0.15, -0.1) is 0 Å². The predicted octanol–water partition coefficient (Wildman–Crippen LogP) is 3.54. The minimum atomic E-state index is 0.332. The zero-order chi connectivity index (χ0) is 16.9. The maximum Gasteiger partial charge on any atom is 0.120 e. The fourth-order valence-electron chi connectivity index (χ4n) is 2.88. The van der Waals surface area contributed by atoms with Crippen molar-refractivity contribution in [3.05, 3.63) is 82.7 Å². The van der Waals surface area contributed by atoms with Gasteiger partial charge in [-0.1, -0.05) is 48.5 Å². The Morgan fingerprint density at radius 3 is 2.42 bits per heavy atom. The lowest BCUT2D eigenvalue weighted by Crippen LogP contribution is -2.14. The molecular formula is C20H23N3O. The molecule has 2 N–H and O–H groups in total. The molecule has 3 aromatic rings. The highest BCUT2D eigenvalue weighted by atomic mass is 16.3. The molecule has 4 heteroatoms. The normalized spacial score (nSPS) is 10.9. The van der Waals surface area contributed by atoms with Crippen molar-refractivity contribution in [2.45, 2.75) is 33.5 Å². The second-order valence-electron chi connectivity index (χ2n) is 6.02. The van der Waals surface area contributed by atoms with E-state index < -0.39 is 0 Å². The van der Waals surface area contributed by atoms with Gasteiger partial charge in [0.25, 0.3) is 0 Å². The van der Waals surface area contributed by atoms with Crippen molar-refractivity contribution in [1.82, 2.24) is 15.1 Å². The monoisotopic (exact) mass is 321 g/mol. The maximum atomic E-state index is 9.83. The zero-order valence-electron chi connectivity index (χ0n) is 14.2. The van der Waals surface area contributed by atoms with Gasteiger partial charge in [-0.3, -0.25) is 4.68 Å². The number of hydrogen-bond acceptors (Lipinski definition) is 3. The molecule has 0 atom stereocenters. The molecule has 3 rings (SSSR count). The molecule has 0 saturated heterocycles. The molecule has 0 spiro atoms. The smallest absolute Gasteiger partial charge is 0.120 e. The molecule has 1 aromatic heterocycles. The minimum Gasteiger partial charge on any atom is -0.508 e. The molecule has 0 aliphatic heterocycles. The van der Waals surface area contributed by atoms with Gasteiger partial charge in [0.2, 0.25) is 0 Å². The molecule has 0 unspecified atom stereocenters. The fourth-order valence-corrected chi connectivity index (χ4v) is 2.88. The number of aromatic nitrogens is 2. The van der Waals surface area contributed by atoms with Crippen LogP contribution in [0.15, 0.2) is 54.6 Å². The van der Waals surface area contributed by atoms with Crippen LogP contribution in [0.25, 0.3) is 0 Å². The molecule has 4 nitrogen and oxygen atoms in total. The van der Waals surface area contributed by atoms with Crippen molar-refractivity contribution in [3.63, 3.8) is 0 Å². The third kappa shape index (κ3) is 3.66. The third-order valence-corrected chi connectivity index (χ3v) is 4.32. The summed E-state index contributed by atoms with van der Waals surface area (Å²) >= 11 is 0. The Kier molecular flexibility index (Phi) is 4.96. The van der Waals surface area contributed by atoms with Gasteiger partial charge in [-0.25, -0.2) is 0 Å². The van der Waals surface area contributed by atoms with Crippen LogP contribution in [0.2, 0.25) is 0 Å². The van der Waals surface area contributed by atoms with E-state index in [1.807, 2.05) is 31.2 Å². The lowest BCUT2D eigenvalue weighted by molar-refractivity contribution is 0.464. The molecule has 0 saturated carbocycles. The third-order valence-electron chi connectivity index (χ3n) is 4.32. The largest absolute Gasteiger partial charge is 0.508 e. The van der Waals surface area contributed by atoms with Gasteiger partial charge in [0.1, 0.15) is 5.75 Å². The Morgan fingerprint density at radius 1 is 0.958 bits per heavy atom. The van der Waals surface area contributed by atoms with E-state index in [4.69, 9.17) is 0 Å². The molecule has 0 amide bonds. The quantitative estimate of drug-likeness (QED) is 0.730. The molecule has 124 valence electrons. The summed E-state index contributed by atoms with van der Waals surface area (Å²) < 4.78 is 2.06. The standard InChI is InChI=1S/C20H23N3O/c1-15-19(13-21-12-18-10-6-7-11-20(18)24)16(2)23(22-15)14-17-8-4-3-5-9-17/h3-11,21,24H,12-14H2,1-2H3. The van der Waals surface area contributed by atoms with Gasteiger partial charge >= 0.3 is 0 Å². The van der Waals surface area contributed by atoms with E-state index in [1.54, 1.807) is 6.07 Å². The average Bonchev–Trinajstić information content (AvgIpc) is 2.85. The summed E-state index contributed by atoms with van der Waals surface area (Å²) in [5.74, 6) is 0.332. The van der Waals surface area contributed by atoms with Crippen LogP contribution in [-0.4, -0.2) is 14.9 Å². The summed E-state index contributed by atoms with van der Waals surface area (Å²) in [6, 6.07) is 17.8. The minimum absolute atomic E-state index is 0.332. The van der Waals surface area contributed by atoms with Crippen molar-refractivity contribution >= 4 is 0 Å². The van der Waals surface area contributed by atoms with Crippen LogP contribution in [0.1, 0.15) is 28.1 Å². The highest BCUT2D eigenvalue weighted by molar-refractivity contribution is 5.32. The summed E-state index contributed by atoms with van der Waals surface area (Å²) in [5, 5.41) is 17.9. The Hall–Kier alpha value is -2.59. The Bertz CT molecular complexity index is 809. The summed E-state index contributed by atoms with van der Waals surface area (Å²) in [4.78, 5) is 0. The molecule has 2 aromatic carbocycles. The lowest BCUT2D eigenvalue weighted by Gasteiger charge is -2.08. The average molecular weight is 321 g/mol. The highest BCUT2D eigenvalue weighted by Crippen LogP contribution is 2.17. The zero-order valence-corrected chi connectivity index (χ0v) is 14.2. The van der Waals surface area contributed by atoms with E-state index in [2.05, 4.69) is 46.3 Å². The van der Waals surface area contributed by atoms with E-state index in [1.165, 1.54) is 16.8 Å². The summed E-state index contributed by atoms with van der Waals surface area (Å²) in [6.07, 6.45) is 0. The van der Waals surface area contributed by atoms with Gasteiger partial charge in [0.05, 0.1) is 12.2 Å². The fraction of sp³-hybridized carbons (Fsp3) is 0.250. The lowest BCUT2D eigenvalue weighted by atomic mass is 10.1. The van der Waals surface area contributed by atoms with Crippen LogP contribution >= 0.6 is 0 Å². The number of nitrogens with zero attached hydrogens (tertiary/aromatic N) is 2. The molecule has 0 bridgehead atoms. The maximum absolute atomic E-state index is 9.83. The number of rotatable bonds is 6. The van der Waals surface area contributed by atoms with Gasteiger partial charge in [0.15, 0.2) is 0 Å². The second-order valence-corrected chi connectivity index (χ2v) is 6.02. The number of para-hydroxylation sites is 1. The molecule has 0 fully saturated rings. The van der Waals surface area contributed by atoms with Crippen molar-refractivity contribution in [2.24, 2.45) is 0 Å². The van der Waals surface area contributed by atoms with Crippen molar-refractivity contribution in [3.8, 4) is 5.75 Å². The summed E-state index contributed by atoms with van der Waals surface area (Å²) in [6.45, 7) is 6.31. The topological polar surface area (TPSA) is 50.1 Å². The Balaban J connectivity index is 1.67. The van der Waals surface area contributed by atoms with Crippen LogP contribution in [0.5, 0.6) is 5.75 Å². The van der Waals surface area contributed by atoms with Gasteiger partial charge < -0.3 is 10.4 Å². The van der Waals surface area contributed by atoms with E-state index >= 15 is 0 Å². The second kappa shape index (κ2) is 7.32. The van der Waals surface area contributed by atoms with Gasteiger partial charge in [-0.05, 0) is 25.5 Å². The molecule has 0 aliphatic rings. The van der Waals surface area contributed by atoms with Crippen molar-refractivity contribution in [2.75, 3.05) is 0 Å². The predicted molar refractivity (Wildman–Crippen MR) is 95.9 cm³/mol. The number of benzene rings is 2. The number of aromatic hydroxyl groups is 1. The molecular weight excluding hydrogens is 298 g/mol. The van der Waals surface area contributed by atoms with Crippen LogP contribution in [0.3, 0.4) is 0 Å². The van der Waals surface area contributed by atoms with Crippen LogP contribution in [0.4, 0.5) is 0 Å². The first kappa shape index (κ1) is 16.3. The van der Waals surface area contributed by atoms with Crippen LogP contribution in [-0.2, 0) is 19.6 Å². The van der Waals surface area contributed by atoms with E-state index in [0.29, 0.717) is 12.3 Å². The Morgan fingerprint density at radius 2 is 1.67 bits per heavy atom. The number of aryl methyl sites for hydroxylation is 1. The molecule has 24 heavy (non-hydrogen) atoms. The molecule has 1 heterocycles. The number of phenols is 1. The summed E-state index contributed by atoms with van der Waals surface area (Å²) in [5.41, 5.74) is 5.61. The van der Waals surface area contributed by atoms with Gasteiger partial charge in [0, 0.05) is 29.9 Å². The van der Waals surface area contributed by atoms with Crippen LogP contribution < -0.4 is 5.32 Å². The number of nitrogens with one attached hydrogen (secondary N) is 1. The van der Waals surface area contributed by atoms with E-state index in [-0.39, 0.29) is 0 Å². The molecule has 0 aliphatic carbocycles. The van der Waals surface area contributed by atoms with Gasteiger partial charge in [-0.2, -0.15) is 5.10 Å². The van der Waals surface area contributed by atoms with E-state index in [0.717, 1.165) is 24.3 Å². The van der Waals surface area contributed by atoms with Crippen LogP contribution in [0, 0.1) is 13.8 Å². The Labute approximate surface area is 142 Å². The highest BCUT2D eigenvalue weighted by Gasteiger charge is 2.11. The number of phenolic OH excluding ortho intramolecular Hbond substituents is 1. The summed E-state index contributed by atoms with van der Waals surface area (Å²) in [7, 11) is 0. The SMILES string of the molecule is Cc1nn(Cc2ccccc2)c(C)c1CNCc1ccccc1O. The first-order valence-electron chi connectivity index (χ1n) is 8.19. The van der Waals surface area contributed by atoms with Crippen molar-refractivity contribution in [1.29, 1.82) is 0 Å². The molecule has 0 radical (unpaired) electrons. The van der Waals surface area contributed by atoms with Crippen molar-refractivity contribution < 1.29 is 5.11 Å². The first-order chi connectivity index (χ1) is 11.6.